The van der Waals surface area contributed by atoms with E-state index in [2.05, 4.69) is 39.7 Å². The largest absolute Gasteiger partial charge is 0.380 e. The van der Waals surface area contributed by atoms with Crippen LogP contribution in [0, 0.1) is 0 Å². The van der Waals surface area contributed by atoms with Crippen molar-refractivity contribution in [1.82, 2.24) is 9.97 Å². The second-order valence-electron chi connectivity index (χ2n) is 5.80. The Morgan fingerprint density at radius 1 is 0.960 bits per heavy atom. The molecule has 0 saturated heterocycles. The van der Waals surface area contributed by atoms with E-state index in [9.17, 15) is 0 Å². The third-order valence-electron chi connectivity index (χ3n) is 3.80. The van der Waals surface area contributed by atoms with E-state index in [4.69, 9.17) is 11.6 Å². The molecule has 4 nitrogen and oxygen atoms in total. The van der Waals surface area contributed by atoms with Crippen LogP contribution in [0.25, 0.3) is 11.1 Å². The van der Waals surface area contributed by atoms with E-state index < -0.39 is 0 Å². The molecule has 2 N–H and O–H groups in total. The molecule has 25 heavy (non-hydrogen) atoms. The normalized spacial score (nSPS) is 10.5. The molecule has 0 aliphatic carbocycles. The van der Waals surface area contributed by atoms with E-state index in [1.165, 1.54) is 5.56 Å². The summed E-state index contributed by atoms with van der Waals surface area (Å²) >= 11 is 5.92. The van der Waals surface area contributed by atoms with Crippen LogP contribution in [0.1, 0.15) is 18.9 Å². The molecule has 0 saturated carbocycles. The number of nitrogens with one attached hydrogen (secondary N) is 2. The number of hydrogen-bond donors (Lipinski definition) is 2. The van der Waals surface area contributed by atoms with Gasteiger partial charge in [-0.15, -0.1) is 0 Å². The Morgan fingerprint density at radius 3 is 2.60 bits per heavy atom. The van der Waals surface area contributed by atoms with Gasteiger partial charge >= 0.3 is 0 Å². The quantitative estimate of drug-likeness (QED) is 0.611. The Morgan fingerprint density at radius 2 is 1.80 bits per heavy atom. The monoisotopic (exact) mass is 352 g/mol. The molecule has 0 fully saturated rings. The summed E-state index contributed by atoms with van der Waals surface area (Å²) in [5, 5.41) is 7.46. The molecule has 0 atom stereocenters. The first-order valence-corrected chi connectivity index (χ1v) is 8.76. The number of aromatic nitrogens is 2. The van der Waals surface area contributed by atoms with E-state index in [0.717, 1.165) is 47.2 Å². The van der Waals surface area contributed by atoms with Gasteiger partial charge < -0.3 is 10.6 Å². The van der Waals surface area contributed by atoms with E-state index in [1.54, 1.807) is 0 Å². The van der Waals surface area contributed by atoms with Crippen molar-refractivity contribution in [1.29, 1.82) is 0 Å². The summed E-state index contributed by atoms with van der Waals surface area (Å²) in [6.45, 7) is 3.77. The van der Waals surface area contributed by atoms with Crippen LogP contribution in [0.15, 0.2) is 61.1 Å². The molecule has 2 heterocycles. The second-order valence-corrected chi connectivity index (χ2v) is 6.24. The zero-order valence-electron chi connectivity index (χ0n) is 14.2. The van der Waals surface area contributed by atoms with Crippen molar-refractivity contribution in [2.24, 2.45) is 0 Å². The number of hydrogen-bond acceptors (Lipinski definition) is 4. The van der Waals surface area contributed by atoms with Crippen molar-refractivity contribution in [3.63, 3.8) is 0 Å². The fourth-order valence-corrected chi connectivity index (χ4v) is 2.59. The summed E-state index contributed by atoms with van der Waals surface area (Å²) in [7, 11) is 0. The lowest BCUT2D eigenvalue weighted by Gasteiger charge is -2.10. The van der Waals surface area contributed by atoms with Crippen molar-refractivity contribution in [2.45, 2.75) is 19.9 Å². The summed E-state index contributed by atoms with van der Waals surface area (Å²) in [5.74, 6) is 0.888. The summed E-state index contributed by atoms with van der Waals surface area (Å²) in [4.78, 5) is 8.70. The van der Waals surface area contributed by atoms with Gasteiger partial charge in [0, 0.05) is 42.3 Å². The first-order valence-electron chi connectivity index (χ1n) is 8.38. The molecular formula is C20H21ClN4. The van der Waals surface area contributed by atoms with Crippen LogP contribution in [-0.2, 0) is 6.54 Å². The highest BCUT2D eigenvalue weighted by molar-refractivity contribution is 6.30. The Kier molecular flexibility index (Phi) is 5.86. The number of anilines is 2. The van der Waals surface area contributed by atoms with Crippen LogP contribution >= 0.6 is 11.6 Å². The predicted octanol–water partition coefficient (Wildman–Crippen LogP) is 5.23. The maximum Gasteiger partial charge on any atom is 0.126 e. The molecule has 3 rings (SSSR count). The number of nitrogens with zero attached hydrogens (tertiary/aromatic N) is 2. The van der Waals surface area contributed by atoms with Crippen LogP contribution in [0.2, 0.25) is 5.02 Å². The Bertz CT molecular complexity index is 818. The highest BCUT2D eigenvalue weighted by Crippen LogP contribution is 2.23. The van der Waals surface area contributed by atoms with Crippen molar-refractivity contribution in [2.75, 3.05) is 17.2 Å². The van der Waals surface area contributed by atoms with Crippen molar-refractivity contribution < 1.29 is 0 Å². The van der Waals surface area contributed by atoms with Gasteiger partial charge in [0.25, 0.3) is 0 Å². The van der Waals surface area contributed by atoms with Gasteiger partial charge in [0.15, 0.2) is 0 Å². The van der Waals surface area contributed by atoms with Gasteiger partial charge in [-0.1, -0.05) is 30.7 Å². The minimum absolute atomic E-state index is 0.724. The summed E-state index contributed by atoms with van der Waals surface area (Å²) < 4.78 is 0. The molecule has 0 radical (unpaired) electrons. The molecule has 0 spiro atoms. The standard InChI is InChI=1S/C20H21ClN4/c1-2-8-23-20-11-16(7-9-24-20)17-10-19(14-22-13-17)25-12-15-3-5-18(21)6-4-15/h3-7,9-11,13-14,25H,2,8,12H2,1H3,(H,23,24). The van der Waals surface area contributed by atoms with Crippen LogP contribution in [-0.4, -0.2) is 16.5 Å². The zero-order valence-corrected chi connectivity index (χ0v) is 14.9. The maximum atomic E-state index is 5.92. The molecule has 0 aliphatic rings. The van der Waals surface area contributed by atoms with Gasteiger partial charge in [-0.25, -0.2) is 4.98 Å². The molecule has 0 unspecified atom stereocenters. The van der Waals surface area contributed by atoms with Gasteiger partial charge in [-0.2, -0.15) is 0 Å². The van der Waals surface area contributed by atoms with Crippen LogP contribution < -0.4 is 10.6 Å². The van der Waals surface area contributed by atoms with Crippen molar-refractivity contribution in [3.05, 3.63) is 71.6 Å². The van der Waals surface area contributed by atoms with Gasteiger partial charge in [0.2, 0.25) is 0 Å². The summed E-state index contributed by atoms with van der Waals surface area (Å²) in [6.07, 6.45) is 6.59. The number of rotatable bonds is 7. The highest BCUT2D eigenvalue weighted by Gasteiger charge is 2.03. The number of pyridine rings is 2. The SMILES string of the molecule is CCCNc1cc(-c2cncc(NCc3ccc(Cl)cc3)c2)ccn1. The van der Waals surface area contributed by atoms with Crippen LogP contribution in [0.5, 0.6) is 0 Å². The van der Waals surface area contributed by atoms with E-state index in [1.807, 2.05) is 48.9 Å². The van der Waals surface area contributed by atoms with E-state index in [0.29, 0.717) is 0 Å². The number of benzene rings is 1. The summed E-state index contributed by atoms with van der Waals surface area (Å²) in [6, 6.07) is 14.0. The van der Waals surface area contributed by atoms with Gasteiger partial charge in [-0.05, 0) is 47.9 Å². The molecule has 5 heteroatoms. The average molecular weight is 353 g/mol. The Labute approximate surface area is 153 Å². The minimum Gasteiger partial charge on any atom is -0.380 e. The lowest BCUT2D eigenvalue weighted by Crippen LogP contribution is -2.02. The Hall–Kier alpha value is -2.59. The number of halogens is 1. The second kappa shape index (κ2) is 8.49. The topological polar surface area (TPSA) is 49.8 Å². The molecule has 0 bridgehead atoms. The predicted molar refractivity (Wildman–Crippen MR) is 105 cm³/mol. The summed E-state index contributed by atoms with van der Waals surface area (Å²) in [5.41, 5.74) is 4.30. The molecule has 1 aromatic carbocycles. The molecule has 0 amide bonds. The lowest BCUT2D eigenvalue weighted by molar-refractivity contribution is 0.969. The van der Waals surface area contributed by atoms with Gasteiger partial charge in [0.1, 0.15) is 5.82 Å². The lowest BCUT2D eigenvalue weighted by atomic mass is 10.1. The molecule has 0 aliphatic heterocycles. The molecule has 3 aromatic rings. The van der Waals surface area contributed by atoms with E-state index in [-0.39, 0.29) is 0 Å². The fourth-order valence-electron chi connectivity index (χ4n) is 2.46. The first kappa shape index (κ1) is 17.2. The average Bonchev–Trinajstić information content (AvgIpc) is 2.66. The zero-order chi connectivity index (χ0) is 17.5. The van der Waals surface area contributed by atoms with Crippen LogP contribution in [0.3, 0.4) is 0 Å². The third kappa shape index (κ3) is 4.94. The smallest absolute Gasteiger partial charge is 0.126 e. The van der Waals surface area contributed by atoms with Gasteiger partial charge in [0.05, 0.1) is 5.69 Å². The van der Waals surface area contributed by atoms with Crippen molar-refractivity contribution >= 4 is 23.1 Å². The van der Waals surface area contributed by atoms with Crippen LogP contribution in [0.4, 0.5) is 11.5 Å². The van der Waals surface area contributed by atoms with E-state index >= 15 is 0 Å². The molecule has 128 valence electrons. The van der Waals surface area contributed by atoms with Gasteiger partial charge in [-0.3, -0.25) is 4.98 Å². The molecule has 2 aromatic heterocycles. The maximum absolute atomic E-state index is 5.92. The Balaban J connectivity index is 1.71. The first-order chi connectivity index (χ1) is 12.2. The van der Waals surface area contributed by atoms with Crippen molar-refractivity contribution in [3.8, 4) is 11.1 Å². The third-order valence-corrected chi connectivity index (χ3v) is 4.05. The molecular weight excluding hydrogens is 332 g/mol. The fraction of sp³-hybridized carbons (Fsp3) is 0.200. The minimum atomic E-state index is 0.724. The highest BCUT2D eigenvalue weighted by atomic mass is 35.5.